The van der Waals surface area contributed by atoms with Gasteiger partial charge in [-0.3, -0.25) is 14.9 Å². The molecule has 0 radical (unpaired) electrons. The molecule has 8 heteroatoms. The van der Waals surface area contributed by atoms with Crippen molar-refractivity contribution in [3.8, 4) is 16.3 Å². The van der Waals surface area contributed by atoms with Crippen LogP contribution in [0.4, 0.5) is 5.13 Å². The van der Waals surface area contributed by atoms with Crippen molar-refractivity contribution in [2.24, 2.45) is 0 Å². The fourth-order valence-corrected chi connectivity index (χ4v) is 3.36. The number of nitrogens with one attached hydrogen (secondary N) is 2. The molecule has 2 N–H and O–H groups in total. The van der Waals surface area contributed by atoms with Gasteiger partial charge in [-0.05, 0) is 37.6 Å². The second kappa shape index (κ2) is 11.4. The summed E-state index contributed by atoms with van der Waals surface area (Å²) >= 11 is 1.28. The van der Waals surface area contributed by atoms with E-state index in [1.807, 2.05) is 24.3 Å². The van der Waals surface area contributed by atoms with Gasteiger partial charge in [0.2, 0.25) is 16.9 Å². The summed E-state index contributed by atoms with van der Waals surface area (Å²) in [4.78, 5) is 24.2. The molecule has 1 aromatic carbocycles. The molecule has 2 aromatic rings. The number of benzene rings is 1. The smallest absolute Gasteiger partial charge is 0.248 e. The van der Waals surface area contributed by atoms with E-state index in [4.69, 9.17) is 4.74 Å². The molecule has 0 fully saturated rings. The SMILES string of the molecule is CCCCCCCC(=O)NC(C)C(=O)Nc1nnc(-c2ccc(OC)cc2)s1. The van der Waals surface area contributed by atoms with E-state index in [0.717, 1.165) is 30.6 Å². The Labute approximate surface area is 169 Å². The summed E-state index contributed by atoms with van der Waals surface area (Å²) < 4.78 is 5.14. The van der Waals surface area contributed by atoms with Gasteiger partial charge in [0.15, 0.2) is 0 Å². The molecule has 2 rings (SSSR count). The van der Waals surface area contributed by atoms with E-state index in [1.54, 1.807) is 14.0 Å². The second-order valence-electron chi connectivity index (χ2n) is 6.58. The first-order valence-corrected chi connectivity index (χ1v) is 10.4. The number of rotatable bonds is 11. The minimum Gasteiger partial charge on any atom is -0.497 e. The first-order chi connectivity index (χ1) is 13.5. The fraction of sp³-hybridized carbons (Fsp3) is 0.500. The first kappa shape index (κ1) is 21.8. The third-order valence-electron chi connectivity index (χ3n) is 4.27. The number of ether oxygens (including phenoxy) is 1. The number of anilines is 1. The molecule has 0 saturated carbocycles. The zero-order valence-electron chi connectivity index (χ0n) is 16.7. The minimum atomic E-state index is -0.628. The van der Waals surface area contributed by atoms with Crippen LogP contribution in [0.5, 0.6) is 5.75 Å². The molecule has 1 atom stereocenters. The molecule has 0 aliphatic rings. The van der Waals surface area contributed by atoms with Gasteiger partial charge >= 0.3 is 0 Å². The highest BCUT2D eigenvalue weighted by atomic mass is 32.1. The van der Waals surface area contributed by atoms with E-state index >= 15 is 0 Å². The van der Waals surface area contributed by atoms with Crippen LogP contribution in [0.1, 0.15) is 52.4 Å². The van der Waals surface area contributed by atoms with Crippen molar-refractivity contribution >= 4 is 28.3 Å². The molecule has 0 bridgehead atoms. The largest absolute Gasteiger partial charge is 0.497 e. The lowest BCUT2D eigenvalue weighted by Gasteiger charge is -2.12. The maximum absolute atomic E-state index is 12.3. The van der Waals surface area contributed by atoms with Crippen LogP contribution in [0.25, 0.3) is 10.6 Å². The maximum atomic E-state index is 12.3. The summed E-state index contributed by atoms with van der Waals surface area (Å²) in [5, 5.41) is 14.7. The van der Waals surface area contributed by atoms with Crippen molar-refractivity contribution in [3.05, 3.63) is 24.3 Å². The standard InChI is InChI=1S/C20H28N4O3S/c1-4-5-6-7-8-9-17(25)21-14(2)18(26)22-20-24-23-19(28-20)15-10-12-16(27-3)13-11-15/h10-14H,4-9H2,1-3H3,(H,21,25)(H,22,24,26). The van der Waals surface area contributed by atoms with Crippen molar-refractivity contribution in [3.63, 3.8) is 0 Å². The molecule has 7 nitrogen and oxygen atoms in total. The third-order valence-corrected chi connectivity index (χ3v) is 5.16. The highest BCUT2D eigenvalue weighted by Gasteiger charge is 2.17. The Bertz CT molecular complexity index is 761. The number of carbonyl (C=O) groups is 2. The van der Waals surface area contributed by atoms with Crippen LogP contribution in [-0.4, -0.2) is 35.2 Å². The Morgan fingerprint density at radius 1 is 1.11 bits per heavy atom. The van der Waals surface area contributed by atoms with Gasteiger partial charge in [0, 0.05) is 12.0 Å². The molecule has 1 aromatic heterocycles. The van der Waals surface area contributed by atoms with Crippen LogP contribution in [0.15, 0.2) is 24.3 Å². The van der Waals surface area contributed by atoms with Crippen LogP contribution in [-0.2, 0) is 9.59 Å². The molecule has 2 amide bonds. The summed E-state index contributed by atoms with van der Waals surface area (Å²) in [6, 6.07) is 6.82. The van der Waals surface area contributed by atoms with Gasteiger partial charge in [0.05, 0.1) is 7.11 Å². The van der Waals surface area contributed by atoms with E-state index in [1.165, 1.54) is 24.2 Å². The minimum absolute atomic E-state index is 0.102. The van der Waals surface area contributed by atoms with Gasteiger partial charge in [-0.15, -0.1) is 10.2 Å². The number of amides is 2. The molecular formula is C20H28N4O3S. The predicted octanol–water partition coefficient (Wildman–Crippen LogP) is 4.02. The van der Waals surface area contributed by atoms with Crippen LogP contribution in [0, 0.1) is 0 Å². The van der Waals surface area contributed by atoms with Crippen molar-refractivity contribution in [2.45, 2.75) is 58.4 Å². The summed E-state index contributed by atoms with van der Waals surface area (Å²) in [6.45, 7) is 3.82. The lowest BCUT2D eigenvalue weighted by Crippen LogP contribution is -2.41. The lowest BCUT2D eigenvalue weighted by molar-refractivity contribution is -0.126. The molecule has 0 aliphatic carbocycles. The number of nitrogens with zero attached hydrogens (tertiary/aromatic N) is 2. The Morgan fingerprint density at radius 3 is 2.50 bits per heavy atom. The molecule has 0 aliphatic heterocycles. The van der Waals surface area contributed by atoms with Gasteiger partial charge in [-0.1, -0.05) is 43.9 Å². The number of aromatic nitrogens is 2. The van der Waals surface area contributed by atoms with Gasteiger partial charge < -0.3 is 10.1 Å². The van der Waals surface area contributed by atoms with Crippen molar-refractivity contribution < 1.29 is 14.3 Å². The zero-order valence-corrected chi connectivity index (χ0v) is 17.5. The average Bonchev–Trinajstić information content (AvgIpc) is 3.16. The van der Waals surface area contributed by atoms with Crippen LogP contribution >= 0.6 is 11.3 Å². The molecule has 1 heterocycles. The molecule has 152 valence electrons. The van der Waals surface area contributed by atoms with Crippen LogP contribution in [0.2, 0.25) is 0 Å². The molecule has 0 saturated heterocycles. The summed E-state index contributed by atoms with van der Waals surface area (Å²) in [7, 11) is 1.61. The summed E-state index contributed by atoms with van der Waals surface area (Å²) in [6.07, 6.45) is 5.85. The Balaban J connectivity index is 1.80. The van der Waals surface area contributed by atoms with Crippen molar-refractivity contribution in [1.29, 1.82) is 0 Å². The van der Waals surface area contributed by atoms with Gasteiger partial charge in [0.25, 0.3) is 0 Å². The van der Waals surface area contributed by atoms with E-state index in [0.29, 0.717) is 16.6 Å². The maximum Gasteiger partial charge on any atom is 0.248 e. The highest BCUT2D eigenvalue weighted by molar-refractivity contribution is 7.18. The van der Waals surface area contributed by atoms with Crippen molar-refractivity contribution in [1.82, 2.24) is 15.5 Å². The van der Waals surface area contributed by atoms with E-state index in [2.05, 4.69) is 27.8 Å². The number of hydrogen-bond acceptors (Lipinski definition) is 6. The Kier molecular flexibility index (Phi) is 8.87. The molecule has 28 heavy (non-hydrogen) atoms. The van der Waals surface area contributed by atoms with Gasteiger partial charge in [0.1, 0.15) is 16.8 Å². The average molecular weight is 405 g/mol. The third kappa shape index (κ3) is 6.92. The fourth-order valence-electron chi connectivity index (χ4n) is 2.61. The number of unbranched alkanes of at least 4 members (excludes halogenated alkanes) is 4. The highest BCUT2D eigenvalue weighted by Crippen LogP contribution is 2.27. The molecule has 1 unspecified atom stereocenters. The molecular weight excluding hydrogens is 376 g/mol. The van der Waals surface area contributed by atoms with Gasteiger partial charge in [-0.2, -0.15) is 0 Å². The Morgan fingerprint density at radius 2 is 1.82 bits per heavy atom. The number of carbonyl (C=O) groups excluding carboxylic acids is 2. The van der Waals surface area contributed by atoms with E-state index in [9.17, 15) is 9.59 Å². The summed E-state index contributed by atoms with van der Waals surface area (Å²) in [5.41, 5.74) is 0.892. The zero-order chi connectivity index (χ0) is 20.4. The normalized spacial score (nSPS) is 11.7. The predicted molar refractivity (Wildman–Crippen MR) is 112 cm³/mol. The van der Waals surface area contributed by atoms with Crippen LogP contribution in [0.3, 0.4) is 0 Å². The number of methoxy groups -OCH3 is 1. The van der Waals surface area contributed by atoms with Gasteiger partial charge in [-0.25, -0.2) is 0 Å². The van der Waals surface area contributed by atoms with Crippen LogP contribution < -0.4 is 15.4 Å². The summed E-state index contributed by atoms with van der Waals surface area (Å²) in [5.74, 6) is 0.351. The molecule has 0 spiro atoms. The Hall–Kier alpha value is -2.48. The van der Waals surface area contributed by atoms with Crippen molar-refractivity contribution in [2.75, 3.05) is 12.4 Å². The topological polar surface area (TPSA) is 93.2 Å². The quantitative estimate of drug-likeness (QED) is 0.552. The van der Waals surface area contributed by atoms with E-state index < -0.39 is 6.04 Å². The monoisotopic (exact) mass is 404 g/mol. The first-order valence-electron chi connectivity index (χ1n) is 9.61. The van der Waals surface area contributed by atoms with E-state index in [-0.39, 0.29) is 11.8 Å². The lowest BCUT2D eigenvalue weighted by atomic mass is 10.1. The number of hydrogen-bond donors (Lipinski definition) is 2. The second-order valence-corrected chi connectivity index (χ2v) is 7.56.